The Labute approximate surface area is 125 Å². The topological polar surface area (TPSA) is 44.5 Å². The molecule has 3 nitrogen and oxygen atoms in total. The normalized spacial score (nSPS) is 20.8. The van der Waals surface area contributed by atoms with Gasteiger partial charge >= 0.3 is 0 Å². The maximum atomic E-state index is 6.58. The van der Waals surface area contributed by atoms with E-state index >= 15 is 0 Å². The first kappa shape index (κ1) is 14.0. The zero-order valence-corrected chi connectivity index (χ0v) is 12.8. The van der Waals surface area contributed by atoms with E-state index in [1.165, 1.54) is 24.8 Å². The van der Waals surface area contributed by atoms with Crippen LogP contribution >= 0.6 is 11.6 Å². The SMILES string of the molecule is Cc1c2c(cc(Cl)c1C1(CN)CCCCC1)OCCO2. The third-order valence-electron chi connectivity index (χ3n) is 4.76. The molecule has 0 saturated heterocycles. The van der Waals surface area contributed by atoms with Gasteiger partial charge in [0.2, 0.25) is 0 Å². The minimum Gasteiger partial charge on any atom is -0.486 e. The molecule has 1 fully saturated rings. The van der Waals surface area contributed by atoms with Gasteiger partial charge in [0.1, 0.15) is 13.2 Å². The van der Waals surface area contributed by atoms with Gasteiger partial charge in [-0.1, -0.05) is 30.9 Å². The van der Waals surface area contributed by atoms with E-state index in [1.54, 1.807) is 0 Å². The lowest BCUT2D eigenvalue weighted by Crippen LogP contribution is -2.38. The molecule has 3 rings (SSSR count). The lowest BCUT2D eigenvalue weighted by atomic mass is 9.68. The van der Waals surface area contributed by atoms with Gasteiger partial charge in [-0.25, -0.2) is 0 Å². The molecule has 4 heteroatoms. The van der Waals surface area contributed by atoms with Gasteiger partial charge in [0, 0.05) is 28.6 Å². The Morgan fingerprint density at radius 1 is 1.20 bits per heavy atom. The van der Waals surface area contributed by atoms with E-state index in [0.717, 1.165) is 34.9 Å². The maximum absolute atomic E-state index is 6.58. The number of hydrogen-bond acceptors (Lipinski definition) is 3. The van der Waals surface area contributed by atoms with Crippen LogP contribution in [-0.4, -0.2) is 19.8 Å². The van der Waals surface area contributed by atoms with Crippen molar-refractivity contribution in [3.05, 3.63) is 22.2 Å². The summed E-state index contributed by atoms with van der Waals surface area (Å²) < 4.78 is 11.5. The molecule has 1 aromatic carbocycles. The summed E-state index contributed by atoms with van der Waals surface area (Å²) in [6.07, 6.45) is 5.97. The molecule has 0 unspecified atom stereocenters. The quantitative estimate of drug-likeness (QED) is 0.907. The zero-order valence-electron chi connectivity index (χ0n) is 12.0. The summed E-state index contributed by atoms with van der Waals surface area (Å²) in [7, 11) is 0. The molecule has 0 atom stereocenters. The van der Waals surface area contributed by atoms with Crippen molar-refractivity contribution >= 4 is 11.6 Å². The van der Waals surface area contributed by atoms with Gasteiger partial charge in [-0.15, -0.1) is 0 Å². The smallest absolute Gasteiger partial charge is 0.164 e. The molecule has 20 heavy (non-hydrogen) atoms. The standard InChI is InChI=1S/C16H22ClNO2/c1-11-14(16(10-18)5-3-2-4-6-16)12(17)9-13-15(11)20-8-7-19-13/h9H,2-8,10,18H2,1H3. The fraction of sp³-hybridized carbons (Fsp3) is 0.625. The zero-order chi connectivity index (χ0) is 14.2. The van der Waals surface area contributed by atoms with Crippen molar-refractivity contribution in [3.63, 3.8) is 0 Å². The third-order valence-corrected chi connectivity index (χ3v) is 5.05. The van der Waals surface area contributed by atoms with Crippen LogP contribution in [0.5, 0.6) is 11.5 Å². The summed E-state index contributed by atoms with van der Waals surface area (Å²) in [5.41, 5.74) is 8.46. The van der Waals surface area contributed by atoms with Gasteiger partial charge in [-0.2, -0.15) is 0 Å². The number of hydrogen-bond donors (Lipinski definition) is 1. The number of fused-ring (bicyclic) bond motifs is 1. The lowest BCUT2D eigenvalue weighted by Gasteiger charge is -2.39. The third kappa shape index (κ3) is 2.17. The predicted molar refractivity (Wildman–Crippen MR) is 81.0 cm³/mol. The molecule has 1 aliphatic heterocycles. The Morgan fingerprint density at radius 2 is 1.90 bits per heavy atom. The van der Waals surface area contributed by atoms with Crippen LogP contribution in [0.25, 0.3) is 0 Å². The summed E-state index contributed by atoms with van der Waals surface area (Å²) in [6, 6.07) is 1.91. The van der Waals surface area contributed by atoms with E-state index in [0.29, 0.717) is 19.8 Å². The summed E-state index contributed by atoms with van der Waals surface area (Å²) in [5, 5.41) is 0.777. The van der Waals surface area contributed by atoms with Crippen LogP contribution in [0.1, 0.15) is 43.2 Å². The van der Waals surface area contributed by atoms with Crippen molar-refractivity contribution in [1.82, 2.24) is 0 Å². The van der Waals surface area contributed by atoms with Crippen molar-refractivity contribution in [3.8, 4) is 11.5 Å². The molecule has 2 N–H and O–H groups in total. The van der Waals surface area contributed by atoms with Gasteiger partial charge in [-0.3, -0.25) is 0 Å². The minimum absolute atomic E-state index is 0.00918. The number of ether oxygens (including phenoxy) is 2. The van der Waals surface area contributed by atoms with Crippen LogP contribution in [-0.2, 0) is 5.41 Å². The molecule has 1 saturated carbocycles. The largest absolute Gasteiger partial charge is 0.486 e. The number of nitrogens with two attached hydrogens (primary N) is 1. The molecule has 1 heterocycles. The van der Waals surface area contributed by atoms with E-state index in [-0.39, 0.29) is 5.41 Å². The Balaban J connectivity index is 2.12. The Hall–Kier alpha value is -0.930. The van der Waals surface area contributed by atoms with Crippen LogP contribution in [0.3, 0.4) is 0 Å². The second-order valence-electron chi connectivity index (χ2n) is 5.93. The lowest BCUT2D eigenvalue weighted by molar-refractivity contribution is 0.169. The number of rotatable bonds is 2. The van der Waals surface area contributed by atoms with Crippen LogP contribution in [0.2, 0.25) is 5.02 Å². The highest BCUT2D eigenvalue weighted by Crippen LogP contribution is 2.48. The minimum atomic E-state index is 0.00918. The molecule has 2 aliphatic rings. The van der Waals surface area contributed by atoms with Crippen molar-refractivity contribution in [1.29, 1.82) is 0 Å². The fourth-order valence-corrected chi connectivity index (χ4v) is 4.19. The Kier molecular flexibility index (Phi) is 3.83. The van der Waals surface area contributed by atoms with Gasteiger partial charge in [0.15, 0.2) is 11.5 Å². The van der Waals surface area contributed by atoms with E-state index in [1.807, 2.05) is 6.07 Å². The van der Waals surface area contributed by atoms with Crippen molar-refractivity contribution in [2.45, 2.75) is 44.4 Å². The highest BCUT2D eigenvalue weighted by atomic mass is 35.5. The van der Waals surface area contributed by atoms with Gasteiger partial charge in [-0.05, 0) is 25.3 Å². The molecule has 1 aromatic rings. The summed E-state index contributed by atoms with van der Waals surface area (Å²) in [5.74, 6) is 1.62. The Morgan fingerprint density at radius 3 is 2.60 bits per heavy atom. The molecule has 0 amide bonds. The van der Waals surface area contributed by atoms with Crippen molar-refractivity contribution in [2.24, 2.45) is 5.73 Å². The second kappa shape index (κ2) is 5.45. The second-order valence-corrected chi connectivity index (χ2v) is 6.33. The molecular weight excluding hydrogens is 274 g/mol. The van der Waals surface area contributed by atoms with E-state index in [9.17, 15) is 0 Å². The molecule has 110 valence electrons. The average Bonchev–Trinajstić information content (AvgIpc) is 2.48. The van der Waals surface area contributed by atoms with E-state index in [4.69, 9.17) is 26.8 Å². The Bertz CT molecular complexity index is 510. The highest BCUT2D eigenvalue weighted by Gasteiger charge is 2.37. The van der Waals surface area contributed by atoms with Crippen LogP contribution in [0.4, 0.5) is 0 Å². The monoisotopic (exact) mass is 295 g/mol. The molecule has 0 aromatic heterocycles. The predicted octanol–water partition coefficient (Wildman–Crippen LogP) is 3.58. The summed E-state index contributed by atoms with van der Waals surface area (Å²) >= 11 is 6.58. The molecular formula is C16H22ClNO2. The van der Waals surface area contributed by atoms with Gasteiger partial charge in [0.05, 0.1) is 0 Å². The molecule has 1 aliphatic carbocycles. The highest BCUT2D eigenvalue weighted by molar-refractivity contribution is 6.31. The van der Waals surface area contributed by atoms with Crippen LogP contribution in [0, 0.1) is 6.92 Å². The molecule has 0 radical (unpaired) electrons. The maximum Gasteiger partial charge on any atom is 0.164 e. The molecule has 0 bridgehead atoms. The van der Waals surface area contributed by atoms with Crippen LogP contribution < -0.4 is 15.2 Å². The molecule has 0 spiro atoms. The van der Waals surface area contributed by atoms with Crippen LogP contribution in [0.15, 0.2) is 6.07 Å². The van der Waals surface area contributed by atoms with Crippen molar-refractivity contribution < 1.29 is 9.47 Å². The first-order chi connectivity index (χ1) is 9.68. The number of halogens is 1. The van der Waals surface area contributed by atoms with Crippen molar-refractivity contribution in [2.75, 3.05) is 19.8 Å². The van der Waals surface area contributed by atoms with E-state index < -0.39 is 0 Å². The average molecular weight is 296 g/mol. The summed E-state index contributed by atoms with van der Waals surface area (Å²) in [6.45, 7) is 3.92. The number of benzene rings is 1. The fourth-order valence-electron chi connectivity index (χ4n) is 3.75. The first-order valence-electron chi connectivity index (χ1n) is 7.47. The first-order valence-corrected chi connectivity index (χ1v) is 7.85. The van der Waals surface area contributed by atoms with Gasteiger partial charge in [0.25, 0.3) is 0 Å². The van der Waals surface area contributed by atoms with Gasteiger partial charge < -0.3 is 15.2 Å². The summed E-state index contributed by atoms with van der Waals surface area (Å²) in [4.78, 5) is 0. The van der Waals surface area contributed by atoms with E-state index in [2.05, 4.69) is 6.92 Å².